The van der Waals surface area contributed by atoms with Crippen molar-refractivity contribution in [2.45, 2.75) is 6.61 Å². The molecule has 0 fully saturated rings. The molecule has 0 aliphatic carbocycles. The van der Waals surface area contributed by atoms with Crippen molar-refractivity contribution in [1.29, 1.82) is 0 Å². The minimum atomic E-state index is -0.335. The molecule has 0 bridgehead atoms. The van der Waals surface area contributed by atoms with Crippen LogP contribution in [-0.2, 0) is 6.61 Å². The number of para-hydroxylation sites is 1. The molecule has 0 saturated heterocycles. The Hall–Kier alpha value is -2.99. The Morgan fingerprint density at radius 3 is 2.88 bits per heavy atom. The van der Waals surface area contributed by atoms with E-state index in [1.54, 1.807) is 25.2 Å². The zero-order valence-corrected chi connectivity index (χ0v) is 14.9. The summed E-state index contributed by atoms with van der Waals surface area (Å²) in [5.74, 6) is 1.46. The highest BCUT2D eigenvalue weighted by molar-refractivity contribution is 6.31. The van der Waals surface area contributed by atoms with Gasteiger partial charge >= 0.3 is 0 Å². The quantitative estimate of drug-likeness (QED) is 0.692. The third kappa shape index (κ3) is 2.59. The average molecular weight is 371 g/mol. The molecule has 1 aromatic heterocycles. The molecule has 1 amide bonds. The fourth-order valence-electron chi connectivity index (χ4n) is 2.95. The number of carbonyl (C=O) groups is 1. The van der Waals surface area contributed by atoms with Crippen molar-refractivity contribution >= 4 is 23.2 Å². The van der Waals surface area contributed by atoms with Gasteiger partial charge in [-0.05, 0) is 30.3 Å². The lowest BCUT2D eigenvalue weighted by atomic mass is 10.0. The van der Waals surface area contributed by atoms with Crippen LogP contribution in [0.1, 0.15) is 16.1 Å². The van der Waals surface area contributed by atoms with Gasteiger partial charge < -0.3 is 18.9 Å². The maximum absolute atomic E-state index is 13.0. The summed E-state index contributed by atoms with van der Waals surface area (Å²) in [6, 6.07) is 12.6. The van der Waals surface area contributed by atoms with Gasteiger partial charge in [0.15, 0.2) is 11.5 Å². The van der Waals surface area contributed by atoms with Crippen LogP contribution in [0.2, 0.25) is 5.02 Å². The van der Waals surface area contributed by atoms with Crippen molar-refractivity contribution in [2.24, 2.45) is 0 Å². The molecular weight excluding hydrogens is 356 g/mol. The van der Waals surface area contributed by atoms with E-state index < -0.39 is 0 Å². The zero-order chi connectivity index (χ0) is 18.3. The van der Waals surface area contributed by atoms with Crippen LogP contribution < -0.4 is 14.4 Å². The summed E-state index contributed by atoms with van der Waals surface area (Å²) >= 11 is 6.07. The number of ether oxygens (including phenoxy) is 2. The number of amides is 1. The Labute approximate surface area is 154 Å². The van der Waals surface area contributed by atoms with Crippen LogP contribution in [0.5, 0.6) is 11.5 Å². The number of carbonyl (C=O) groups excluding carboxylic acids is 1. The molecular formula is C19H15ClN2O4. The number of rotatable bonds is 3. The van der Waals surface area contributed by atoms with Crippen LogP contribution in [0.4, 0.5) is 5.69 Å². The van der Waals surface area contributed by atoms with Gasteiger partial charge in [-0.25, -0.2) is 0 Å². The van der Waals surface area contributed by atoms with Crippen LogP contribution >= 0.6 is 11.6 Å². The van der Waals surface area contributed by atoms with Gasteiger partial charge in [-0.3, -0.25) is 4.79 Å². The van der Waals surface area contributed by atoms with Crippen molar-refractivity contribution in [3.05, 3.63) is 58.7 Å². The SMILES string of the molecule is COc1ccc(Cl)cc1N(C)C(=O)c1noc2c1COc1ccccc1-2. The summed E-state index contributed by atoms with van der Waals surface area (Å²) in [4.78, 5) is 14.5. The second-order valence-corrected chi connectivity index (χ2v) is 6.24. The standard InChI is InChI=1S/C19H15ClN2O4/c1-22(14-9-11(20)7-8-16(14)24-2)19(23)17-13-10-25-15-6-4-3-5-12(15)18(13)26-21-17/h3-9H,10H2,1-2H3. The van der Waals surface area contributed by atoms with E-state index in [1.165, 1.54) is 12.0 Å². The first-order valence-electron chi connectivity index (χ1n) is 7.92. The van der Waals surface area contributed by atoms with Crippen LogP contribution in [0.3, 0.4) is 0 Å². The van der Waals surface area contributed by atoms with Crippen molar-refractivity contribution < 1.29 is 18.8 Å². The molecule has 3 aromatic rings. The van der Waals surface area contributed by atoms with Crippen molar-refractivity contribution in [3.8, 4) is 22.8 Å². The van der Waals surface area contributed by atoms with Gasteiger partial charge in [0.25, 0.3) is 5.91 Å². The van der Waals surface area contributed by atoms with Gasteiger partial charge in [-0.2, -0.15) is 0 Å². The Morgan fingerprint density at radius 1 is 1.27 bits per heavy atom. The number of aromatic nitrogens is 1. The van der Waals surface area contributed by atoms with E-state index in [1.807, 2.05) is 24.3 Å². The number of hydrogen-bond donors (Lipinski definition) is 0. The molecule has 26 heavy (non-hydrogen) atoms. The normalized spacial score (nSPS) is 12.0. The van der Waals surface area contributed by atoms with Gasteiger partial charge in [0, 0.05) is 12.1 Å². The maximum Gasteiger partial charge on any atom is 0.280 e. The first-order chi connectivity index (χ1) is 12.6. The minimum Gasteiger partial charge on any atom is -0.495 e. The molecule has 0 atom stereocenters. The number of nitrogens with zero attached hydrogens (tertiary/aromatic N) is 2. The van der Waals surface area contributed by atoms with Gasteiger partial charge in [-0.15, -0.1) is 0 Å². The second kappa shape index (κ2) is 6.38. The zero-order valence-electron chi connectivity index (χ0n) is 14.2. The number of methoxy groups -OCH3 is 1. The first kappa shape index (κ1) is 16.5. The highest BCUT2D eigenvalue weighted by atomic mass is 35.5. The van der Waals surface area contributed by atoms with Crippen LogP contribution in [0.25, 0.3) is 11.3 Å². The van der Waals surface area contributed by atoms with E-state index in [2.05, 4.69) is 5.16 Å². The summed E-state index contributed by atoms with van der Waals surface area (Å²) in [5.41, 5.74) is 2.16. The summed E-state index contributed by atoms with van der Waals surface area (Å²) in [6.07, 6.45) is 0. The molecule has 0 unspecified atom stereocenters. The third-order valence-corrected chi connectivity index (χ3v) is 4.54. The Kier molecular flexibility index (Phi) is 4.05. The first-order valence-corrected chi connectivity index (χ1v) is 8.30. The highest BCUT2D eigenvalue weighted by Crippen LogP contribution is 2.39. The van der Waals surface area contributed by atoms with Gasteiger partial charge in [-0.1, -0.05) is 28.9 Å². The summed E-state index contributed by atoms with van der Waals surface area (Å²) in [5, 5.41) is 4.50. The predicted molar refractivity (Wildman–Crippen MR) is 97.0 cm³/mol. The Morgan fingerprint density at radius 2 is 2.08 bits per heavy atom. The minimum absolute atomic E-state index is 0.207. The molecule has 132 valence electrons. The molecule has 0 N–H and O–H groups in total. The molecule has 0 saturated carbocycles. The summed E-state index contributed by atoms with van der Waals surface area (Å²) in [6.45, 7) is 0.220. The van der Waals surface area contributed by atoms with E-state index in [4.69, 9.17) is 25.6 Å². The average Bonchev–Trinajstić information content (AvgIpc) is 3.11. The van der Waals surface area contributed by atoms with E-state index >= 15 is 0 Å². The van der Waals surface area contributed by atoms with Crippen LogP contribution in [0, 0.1) is 0 Å². The molecule has 4 rings (SSSR count). The van der Waals surface area contributed by atoms with Gasteiger partial charge in [0.2, 0.25) is 0 Å². The molecule has 1 aliphatic heterocycles. The molecule has 0 radical (unpaired) electrons. The number of fused-ring (bicyclic) bond motifs is 3. The molecule has 1 aliphatic rings. The van der Waals surface area contributed by atoms with E-state index in [9.17, 15) is 4.79 Å². The number of benzene rings is 2. The molecule has 6 nitrogen and oxygen atoms in total. The smallest absolute Gasteiger partial charge is 0.280 e. The Bertz CT molecular complexity index is 999. The van der Waals surface area contributed by atoms with Gasteiger partial charge in [0.1, 0.15) is 18.1 Å². The van der Waals surface area contributed by atoms with Crippen LogP contribution in [-0.4, -0.2) is 25.2 Å². The van der Waals surface area contributed by atoms with Crippen molar-refractivity contribution in [3.63, 3.8) is 0 Å². The second-order valence-electron chi connectivity index (χ2n) is 5.80. The topological polar surface area (TPSA) is 64.8 Å². The monoisotopic (exact) mass is 370 g/mol. The summed E-state index contributed by atoms with van der Waals surface area (Å²) < 4.78 is 16.5. The largest absolute Gasteiger partial charge is 0.495 e. The number of halogens is 1. The third-order valence-electron chi connectivity index (χ3n) is 4.30. The fraction of sp³-hybridized carbons (Fsp3) is 0.158. The highest BCUT2D eigenvalue weighted by Gasteiger charge is 2.31. The molecule has 0 spiro atoms. The lowest BCUT2D eigenvalue weighted by Gasteiger charge is -2.20. The van der Waals surface area contributed by atoms with E-state index in [0.717, 1.165) is 5.56 Å². The maximum atomic E-state index is 13.0. The number of anilines is 1. The lowest BCUT2D eigenvalue weighted by molar-refractivity contribution is 0.0981. The van der Waals surface area contributed by atoms with Crippen molar-refractivity contribution in [1.82, 2.24) is 5.16 Å². The molecule has 7 heteroatoms. The Balaban J connectivity index is 1.73. The van der Waals surface area contributed by atoms with Crippen LogP contribution in [0.15, 0.2) is 47.0 Å². The molecule has 2 aromatic carbocycles. The predicted octanol–water partition coefficient (Wildman–Crippen LogP) is 4.17. The summed E-state index contributed by atoms with van der Waals surface area (Å²) in [7, 11) is 3.17. The van der Waals surface area contributed by atoms with E-state index in [-0.39, 0.29) is 18.2 Å². The number of hydrogen-bond acceptors (Lipinski definition) is 5. The molecule has 2 heterocycles. The van der Waals surface area contributed by atoms with Crippen molar-refractivity contribution in [2.75, 3.05) is 19.1 Å². The van der Waals surface area contributed by atoms with E-state index in [0.29, 0.717) is 33.5 Å². The fourth-order valence-corrected chi connectivity index (χ4v) is 3.11. The van der Waals surface area contributed by atoms with Gasteiger partial charge in [0.05, 0.1) is 23.9 Å². The lowest BCUT2D eigenvalue weighted by Crippen LogP contribution is -2.28.